The highest BCUT2D eigenvalue weighted by atomic mass is 32.1. The number of benzene rings is 2. The second-order valence-electron chi connectivity index (χ2n) is 9.57. The number of anilines is 2. The van der Waals surface area contributed by atoms with Crippen LogP contribution in [0.3, 0.4) is 0 Å². The standard InChI is InChI=1S/C30H30N2O2S2/c1-20-14-18-35-26(20)28(33)31-24-10-6-22(7-11-24)30(16-4-3-5-17-30)23-8-12-25(13-9-23)32-29(34)27-21(2)15-19-36-27/h6-15,18-19H,3-5,16-17H2,1-2H3,(H,31,33)(H,32,34). The van der Waals surface area contributed by atoms with Crippen LogP contribution in [0.5, 0.6) is 0 Å². The molecule has 2 aromatic carbocycles. The van der Waals surface area contributed by atoms with E-state index in [1.807, 2.05) is 61.0 Å². The molecule has 36 heavy (non-hydrogen) atoms. The van der Waals surface area contributed by atoms with E-state index in [4.69, 9.17) is 0 Å². The number of hydrogen-bond acceptors (Lipinski definition) is 4. The summed E-state index contributed by atoms with van der Waals surface area (Å²) < 4.78 is 0. The van der Waals surface area contributed by atoms with Crippen molar-refractivity contribution in [1.29, 1.82) is 0 Å². The van der Waals surface area contributed by atoms with Crippen LogP contribution in [0.25, 0.3) is 0 Å². The van der Waals surface area contributed by atoms with Crippen molar-refractivity contribution >= 4 is 45.9 Å². The van der Waals surface area contributed by atoms with Crippen LogP contribution in [0.4, 0.5) is 11.4 Å². The second-order valence-corrected chi connectivity index (χ2v) is 11.4. The lowest BCUT2D eigenvalue weighted by atomic mass is 9.65. The van der Waals surface area contributed by atoms with Gasteiger partial charge in [-0.3, -0.25) is 9.59 Å². The Morgan fingerprint density at radius 1 is 0.639 bits per heavy atom. The Hall–Kier alpha value is -3.22. The molecule has 1 aliphatic rings. The van der Waals surface area contributed by atoms with E-state index in [0.717, 1.165) is 45.1 Å². The molecule has 4 aromatic rings. The van der Waals surface area contributed by atoms with Crippen molar-refractivity contribution in [3.63, 3.8) is 0 Å². The highest BCUT2D eigenvalue weighted by molar-refractivity contribution is 7.12. The van der Waals surface area contributed by atoms with Gasteiger partial charge in [0.05, 0.1) is 9.75 Å². The SMILES string of the molecule is Cc1ccsc1C(=O)Nc1ccc(C2(c3ccc(NC(=O)c4sccc4C)cc3)CCCCC2)cc1. The first-order valence-electron chi connectivity index (χ1n) is 12.4. The van der Waals surface area contributed by atoms with Crippen molar-refractivity contribution in [2.75, 3.05) is 10.6 Å². The first-order chi connectivity index (χ1) is 17.5. The molecule has 1 aliphatic carbocycles. The zero-order chi connectivity index (χ0) is 25.1. The predicted octanol–water partition coefficient (Wildman–Crippen LogP) is 8.18. The topological polar surface area (TPSA) is 58.2 Å². The molecule has 0 aliphatic heterocycles. The molecule has 6 heteroatoms. The van der Waals surface area contributed by atoms with Crippen LogP contribution in [0.2, 0.25) is 0 Å². The van der Waals surface area contributed by atoms with Crippen molar-refractivity contribution in [1.82, 2.24) is 0 Å². The number of carbonyl (C=O) groups is 2. The minimum absolute atomic E-state index is 0.0574. The van der Waals surface area contributed by atoms with Crippen LogP contribution >= 0.6 is 22.7 Å². The molecule has 0 radical (unpaired) electrons. The van der Waals surface area contributed by atoms with Crippen LogP contribution in [-0.4, -0.2) is 11.8 Å². The molecule has 2 amide bonds. The summed E-state index contributed by atoms with van der Waals surface area (Å²) in [6.45, 7) is 3.92. The van der Waals surface area contributed by atoms with E-state index in [1.54, 1.807) is 0 Å². The van der Waals surface area contributed by atoms with Gasteiger partial charge in [-0.1, -0.05) is 43.5 Å². The highest BCUT2D eigenvalue weighted by Crippen LogP contribution is 2.45. The summed E-state index contributed by atoms with van der Waals surface area (Å²) in [6.07, 6.45) is 5.81. The van der Waals surface area contributed by atoms with Crippen LogP contribution in [0.15, 0.2) is 71.4 Å². The van der Waals surface area contributed by atoms with Crippen molar-refractivity contribution in [2.24, 2.45) is 0 Å². The summed E-state index contributed by atoms with van der Waals surface area (Å²) in [5.74, 6) is -0.115. The average Bonchev–Trinajstić information content (AvgIpc) is 3.53. The van der Waals surface area contributed by atoms with E-state index >= 15 is 0 Å². The average molecular weight is 515 g/mol. The van der Waals surface area contributed by atoms with Crippen LogP contribution in [0, 0.1) is 13.8 Å². The van der Waals surface area contributed by atoms with Gasteiger partial charge in [-0.2, -0.15) is 0 Å². The molecule has 1 fully saturated rings. The number of aryl methyl sites for hydroxylation is 2. The third-order valence-corrected chi connectivity index (χ3v) is 9.26. The van der Waals surface area contributed by atoms with Gasteiger partial charge in [0, 0.05) is 16.8 Å². The van der Waals surface area contributed by atoms with Gasteiger partial charge in [0.15, 0.2) is 0 Å². The van der Waals surface area contributed by atoms with E-state index in [0.29, 0.717) is 0 Å². The second kappa shape index (κ2) is 10.4. The fourth-order valence-electron chi connectivity index (χ4n) is 5.23. The minimum atomic E-state index is -0.0575. The van der Waals surface area contributed by atoms with E-state index < -0.39 is 0 Å². The molecule has 0 atom stereocenters. The van der Waals surface area contributed by atoms with Crippen molar-refractivity contribution in [2.45, 2.75) is 51.4 Å². The molecular weight excluding hydrogens is 484 g/mol. The summed E-state index contributed by atoms with van der Waals surface area (Å²) in [5.41, 5.74) is 6.12. The summed E-state index contributed by atoms with van der Waals surface area (Å²) in [4.78, 5) is 26.8. The van der Waals surface area contributed by atoms with E-state index in [2.05, 4.69) is 34.9 Å². The van der Waals surface area contributed by atoms with Gasteiger partial charge in [0.25, 0.3) is 11.8 Å². The normalized spacial score (nSPS) is 14.8. The summed E-state index contributed by atoms with van der Waals surface area (Å²) in [5, 5.41) is 9.97. The Morgan fingerprint density at radius 2 is 1.06 bits per heavy atom. The predicted molar refractivity (Wildman–Crippen MR) is 151 cm³/mol. The Bertz CT molecular complexity index is 1260. The van der Waals surface area contributed by atoms with Crippen LogP contribution in [0.1, 0.15) is 73.7 Å². The summed E-state index contributed by atoms with van der Waals surface area (Å²) in [6, 6.07) is 20.7. The molecule has 0 saturated heterocycles. The fourth-order valence-corrected chi connectivity index (χ4v) is 6.87. The molecule has 0 bridgehead atoms. The van der Waals surface area contributed by atoms with Gasteiger partial charge < -0.3 is 10.6 Å². The van der Waals surface area contributed by atoms with Crippen LogP contribution < -0.4 is 10.6 Å². The van der Waals surface area contributed by atoms with Gasteiger partial charge in [-0.15, -0.1) is 22.7 Å². The maximum absolute atomic E-state index is 12.6. The Morgan fingerprint density at radius 3 is 1.42 bits per heavy atom. The number of amides is 2. The molecule has 5 rings (SSSR count). The molecular formula is C30H30N2O2S2. The molecule has 1 saturated carbocycles. The fraction of sp³-hybridized carbons (Fsp3) is 0.267. The zero-order valence-electron chi connectivity index (χ0n) is 20.6. The molecule has 2 aromatic heterocycles. The lowest BCUT2D eigenvalue weighted by Gasteiger charge is -2.39. The monoisotopic (exact) mass is 514 g/mol. The number of thiophene rings is 2. The minimum Gasteiger partial charge on any atom is -0.321 e. The van der Waals surface area contributed by atoms with Gasteiger partial charge in [0.2, 0.25) is 0 Å². The van der Waals surface area contributed by atoms with Gasteiger partial charge in [-0.25, -0.2) is 0 Å². The molecule has 2 N–H and O–H groups in total. The summed E-state index contributed by atoms with van der Waals surface area (Å²) in [7, 11) is 0. The molecule has 2 heterocycles. The number of rotatable bonds is 6. The van der Waals surface area contributed by atoms with E-state index in [-0.39, 0.29) is 17.2 Å². The number of nitrogens with one attached hydrogen (secondary N) is 2. The Labute approximate surface area is 220 Å². The van der Waals surface area contributed by atoms with Crippen molar-refractivity contribution < 1.29 is 9.59 Å². The number of hydrogen-bond donors (Lipinski definition) is 2. The largest absolute Gasteiger partial charge is 0.321 e. The maximum Gasteiger partial charge on any atom is 0.265 e. The van der Waals surface area contributed by atoms with Gasteiger partial charge in [-0.05, 0) is 96.1 Å². The van der Waals surface area contributed by atoms with Crippen molar-refractivity contribution in [3.05, 3.63) is 103 Å². The Balaban J connectivity index is 1.36. The molecule has 0 unspecified atom stereocenters. The third kappa shape index (κ3) is 4.88. The highest BCUT2D eigenvalue weighted by Gasteiger charge is 2.35. The number of carbonyl (C=O) groups excluding carboxylic acids is 2. The molecule has 184 valence electrons. The lowest BCUT2D eigenvalue weighted by Crippen LogP contribution is -2.30. The Kier molecular flexibility index (Phi) is 7.08. The first-order valence-corrected chi connectivity index (χ1v) is 14.1. The maximum atomic E-state index is 12.6. The smallest absolute Gasteiger partial charge is 0.265 e. The lowest BCUT2D eigenvalue weighted by molar-refractivity contribution is 0.102. The van der Waals surface area contributed by atoms with Gasteiger partial charge >= 0.3 is 0 Å². The molecule has 4 nitrogen and oxygen atoms in total. The summed E-state index contributed by atoms with van der Waals surface area (Å²) >= 11 is 2.93. The molecule has 0 spiro atoms. The quantitative estimate of drug-likeness (QED) is 0.272. The van der Waals surface area contributed by atoms with E-state index in [9.17, 15) is 9.59 Å². The van der Waals surface area contributed by atoms with Gasteiger partial charge in [0.1, 0.15) is 0 Å². The first kappa shape index (κ1) is 24.5. The van der Waals surface area contributed by atoms with Crippen molar-refractivity contribution in [3.8, 4) is 0 Å². The van der Waals surface area contributed by atoms with E-state index in [1.165, 1.54) is 53.1 Å². The van der Waals surface area contributed by atoms with Crippen LogP contribution in [-0.2, 0) is 5.41 Å². The third-order valence-electron chi connectivity index (χ3n) is 7.23. The zero-order valence-corrected chi connectivity index (χ0v) is 22.2.